The number of ether oxygens (including phenoxy) is 1. The van der Waals surface area contributed by atoms with Crippen LogP contribution < -0.4 is 0 Å². The van der Waals surface area contributed by atoms with E-state index in [2.05, 4.69) is 0 Å². The molecule has 0 bridgehead atoms. The van der Waals surface area contributed by atoms with Crippen molar-refractivity contribution in [2.75, 3.05) is 39.4 Å². The number of carbonyl (C=O) groups is 2. The summed E-state index contributed by atoms with van der Waals surface area (Å²) in [4.78, 5) is 29.8. The third-order valence-electron chi connectivity index (χ3n) is 6.07. The molecule has 1 aromatic carbocycles. The molecule has 2 saturated heterocycles. The molecule has 1 aliphatic carbocycles. The molecule has 27 heavy (non-hydrogen) atoms. The minimum Gasteiger partial charge on any atom is -0.378 e. The number of nitrogens with zero attached hydrogens (tertiary/aromatic N) is 2. The summed E-state index contributed by atoms with van der Waals surface area (Å²) in [5.41, 5.74) is 1.07. The molecule has 1 aromatic rings. The Morgan fingerprint density at radius 3 is 2.15 bits per heavy atom. The summed E-state index contributed by atoms with van der Waals surface area (Å²) >= 11 is 6.01. The Morgan fingerprint density at radius 2 is 1.56 bits per heavy atom. The second-order valence-corrected chi connectivity index (χ2v) is 8.34. The van der Waals surface area contributed by atoms with Gasteiger partial charge in [-0.05, 0) is 49.3 Å². The first-order valence-electron chi connectivity index (χ1n) is 10.0. The highest BCUT2D eigenvalue weighted by Gasteiger charge is 2.40. The molecule has 2 aliphatic heterocycles. The monoisotopic (exact) mass is 390 g/mol. The summed E-state index contributed by atoms with van der Waals surface area (Å²) in [5, 5.41) is 0.697. The van der Waals surface area contributed by atoms with Gasteiger partial charge in [0, 0.05) is 37.1 Å². The predicted molar refractivity (Wildman–Crippen MR) is 104 cm³/mol. The van der Waals surface area contributed by atoms with Crippen LogP contribution in [0.1, 0.15) is 37.2 Å². The third kappa shape index (κ3) is 4.30. The van der Waals surface area contributed by atoms with Crippen LogP contribution in [0.5, 0.6) is 0 Å². The van der Waals surface area contributed by atoms with Gasteiger partial charge in [-0.2, -0.15) is 0 Å². The molecule has 3 fully saturated rings. The highest BCUT2D eigenvalue weighted by atomic mass is 35.5. The normalized spacial score (nSPS) is 22.6. The van der Waals surface area contributed by atoms with Crippen molar-refractivity contribution in [3.63, 3.8) is 0 Å². The van der Waals surface area contributed by atoms with Crippen molar-refractivity contribution in [2.24, 2.45) is 11.8 Å². The molecule has 1 unspecified atom stereocenters. The Hall–Kier alpha value is -1.59. The van der Waals surface area contributed by atoms with Crippen LogP contribution in [0.25, 0.3) is 0 Å². The van der Waals surface area contributed by atoms with E-state index in [0.29, 0.717) is 50.3 Å². The number of likely N-dealkylation sites (tertiary alicyclic amines) is 1. The highest BCUT2D eigenvalue weighted by molar-refractivity contribution is 6.30. The molecule has 1 atom stereocenters. The Balaban J connectivity index is 1.37. The maximum Gasteiger partial charge on any atom is 0.230 e. The van der Waals surface area contributed by atoms with Crippen molar-refractivity contribution >= 4 is 23.4 Å². The summed E-state index contributed by atoms with van der Waals surface area (Å²) in [6.07, 6.45) is 3.76. The van der Waals surface area contributed by atoms with E-state index in [-0.39, 0.29) is 23.7 Å². The molecule has 0 radical (unpaired) electrons. The van der Waals surface area contributed by atoms with Crippen LogP contribution in [0.15, 0.2) is 24.3 Å². The number of amides is 2. The lowest BCUT2D eigenvalue weighted by Gasteiger charge is -2.37. The van der Waals surface area contributed by atoms with Gasteiger partial charge < -0.3 is 14.5 Å². The smallest absolute Gasteiger partial charge is 0.230 e. The first kappa shape index (κ1) is 18.8. The Labute approximate surface area is 165 Å². The lowest BCUT2D eigenvalue weighted by Crippen LogP contribution is -2.48. The quantitative estimate of drug-likeness (QED) is 0.794. The average Bonchev–Trinajstić information content (AvgIpc) is 3.55. The fourth-order valence-corrected chi connectivity index (χ4v) is 4.43. The summed E-state index contributed by atoms with van der Waals surface area (Å²) in [6, 6.07) is 7.70. The molecule has 2 heterocycles. The number of benzene rings is 1. The SMILES string of the molecule is O=C(C1CCN(C(=O)C(c2ccc(Cl)cc2)C2CC2)CC1)N1CCOCC1. The zero-order valence-corrected chi connectivity index (χ0v) is 16.4. The molecular weight excluding hydrogens is 364 g/mol. The first-order chi connectivity index (χ1) is 13.1. The Bertz CT molecular complexity index is 675. The molecule has 4 rings (SSSR count). The molecular formula is C21H27ClN2O3. The van der Waals surface area contributed by atoms with E-state index in [0.717, 1.165) is 31.2 Å². The van der Waals surface area contributed by atoms with Gasteiger partial charge >= 0.3 is 0 Å². The van der Waals surface area contributed by atoms with E-state index in [4.69, 9.17) is 16.3 Å². The standard InChI is InChI=1S/C21H27ClN2O3/c22-18-5-3-16(4-6-18)19(15-1-2-15)21(26)23-9-7-17(8-10-23)20(25)24-11-13-27-14-12-24/h3-6,15,17,19H,1-2,7-14H2. The van der Waals surface area contributed by atoms with E-state index >= 15 is 0 Å². The van der Waals surface area contributed by atoms with E-state index in [1.54, 1.807) is 0 Å². The number of carbonyl (C=O) groups excluding carboxylic acids is 2. The fraction of sp³-hybridized carbons (Fsp3) is 0.619. The molecule has 2 amide bonds. The number of hydrogen-bond acceptors (Lipinski definition) is 3. The second-order valence-electron chi connectivity index (χ2n) is 7.90. The van der Waals surface area contributed by atoms with Gasteiger partial charge in [0.2, 0.25) is 11.8 Å². The molecule has 0 N–H and O–H groups in total. The molecule has 146 valence electrons. The van der Waals surface area contributed by atoms with Crippen LogP contribution in [0.3, 0.4) is 0 Å². The minimum absolute atomic E-state index is 0.0436. The van der Waals surface area contributed by atoms with Gasteiger partial charge in [-0.15, -0.1) is 0 Å². The minimum atomic E-state index is -0.0613. The number of halogens is 1. The van der Waals surface area contributed by atoms with Gasteiger partial charge in [-0.25, -0.2) is 0 Å². The first-order valence-corrected chi connectivity index (χ1v) is 10.4. The van der Waals surface area contributed by atoms with Gasteiger partial charge in [0.05, 0.1) is 19.1 Å². The van der Waals surface area contributed by atoms with Crippen LogP contribution in [0.2, 0.25) is 5.02 Å². The molecule has 3 aliphatic rings. The largest absolute Gasteiger partial charge is 0.378 e. The maximum absolute atomic E-state index is 13.2. The zero-order chi connectivity index (χ0) is 18.8. The van der Waals surface area contributed by atoms with Crippen molar-refractivity contribution in [3.8, 4) is 0 Å². The third-order valence-corrected chi connectivity index (χ3v) is 6.32. The van der Waals surface area contributed by atoms with Gasteiger partial charge in [0.25, 0.3) is 0 Å². The van der Waals surface area contributed by atoms with Crippen LogP contribution in [0, 0.1) is 11.8 Å². The second kappa shape index (κ2) is 8.19. The van der Waals surface area contributed by atoms with E-state index in [9.17, 15) is 9.59 Å². The number of morpholine rings is 1. The predicted octanol–water partition coefficient (Wildman–Crippen LogP) is 2.93. The van der Waals surface area contributed by atoms with Crippen molar-refractivity contribution in [3.05, 3.63) is 34.9 Å². The Morgan fingerprint density at radius 1 is 0.926 bits per heavy atom. The van der Waals surface area contributed by atoms with Crippen LogP contribution in [0.4, 0.5) is 0 Å². The number of rotatable bonds is 4. The van der Waals surface area contributed by atoms with Crippen molar-refractivity contribution in [2.45, 2.75) is 31.6 Å². The van der Waals surface area contributed by atoms with E-state index in [1.807, 2.05) is 34.1 Å². The van der Waals surface area contributed by atoms with Crippen LogP contribution >= 0.6 is 11.6 Å². The lowest BCUT2D eigenvalue weighted by molar-refractivity contribution is -0.144. The summed E-state index contributed by atoms with van der Waals surface area (Å²) in [5.74, 6) is 0.890. The Kier molecular flexibility index (Phi) is 5.69. The van der Waals surface area contributed by atoms with Gasteiger partial charge in [-0.3, -0.25) is 9.59 Å². The molecule has 6 heteroatoms. The van der Waals surface area contributed by atoms with Crippen LogP contribution in [-0.2, 0) is 14.3 Å². The molecule has 0 spiro atoms. The summed E-state index contributed by atoms with van der Waals surface area (Å²) in [6.45, 7) is 4.00. The average molecular weight is 391 g/mol. The lowest BCUT2D eigenvalue weighted by atomic mass is 9.90. The number of piperidine rings is 1. The van der Waals surface area contributed by atoms with Gasteiger partial charge in [0.1, 0.15) is 0 Å². The number of hydrogen-bond donors (Lipinski definition) is 0. The van der Waals surface area contributed by atoms with Gasteiger partial charge in [0.15, 0.2) is 0 Å². The fourth-order valence-electron chi connectivity index (χ4n) is 4.30. The van der Waals surface area contributed by atoms with Crippen molar-refractivity contribution < 1.29 is 14.3 Å². The zero-order valence-electron chi connectivity index (χ0n) is 15.6. The van der Waals surface area contributed by atoms with Gasteiger partial charge in [-0.1, -0.05) is 23.7 Å². The van der Waals surface area contributed by atoms with E-state index in [1.165, 1.54) is 0 Å². The van der Waals surface area contributed by atoms with E-state index < -0.39 is 0 Å². The molecule has 1 saturated carbocycles. The maximum atomic E-state index is 13.2. The van der Waals surface area contributed by atoms with Crippen molar-refractivity contribution in [1.29, 1.82) is 0 Å². The van der Waals surface area contributed by atoms with Crippen LogP contribution in [-0.4, -0.2) is 61.0 Å². The van der Waals surface area contributed by atoms with Crippen molar-refractivity contribution in [1.82, 2.24) is 9.80 Å². The summed E-state index contributed by atoms with van der Waals surface area (Å²) in [7, 11) is 0. The molecule has 5 nitrogen and oxygen atoms in total. The molecule has 0 aromatic heterocycles. The topological polar surface area (TPSA) is 49.9 Å². The summed E-state index contributed by atoms with van der Waals surface area (Å²) < 4.78 is 5.33. The highest BCUT2D eigenvalue weighted by Crippen LogP contribution is 2.44.